The Morgan fingerprint density at radius 2 is 1.50 bits per heavy atom. The summed E-state index contributed by atoms with van der Waals surface area (Å²) >= 11 is 0. The predicted molar refractivity (Wildman–Crippen MR) is 39.3 cm³/mol. The van der Waals surface area contributed by atoms with Crippen molar-refractivity contribution in [2.45, 2.75) is 13.8 Å². The number of hydrogen-bond acceptors (Lipinski definition) is 1. The van der Waals surface area contributed by atoms with Crippen LogP contribution in [-0.2, 0) is 10.8 Å². The Labute approximate surface area is 85.6 Å². The molecule has 0 N–H and O–H groups in total. The number of hydrogen-bond donors (Lipinski definition) is 0. The molecule has 0 unspecified atom stereocenters. The number of rotatable bonds is 2. The van der Waals surface area contributed by atoms with Gasteiger partial charge in [-0.05, 0) is 0 Å². The molecule has 0 aliphatic heterocycles. The van der Waals surface area contributed by atoms with Gasteiger partial charge in [-0.2, -0.15) is 0 Å². The van der Waals surface area contributed by atoms with Crippen LogP contribution in [0.2, 0.25) is 0 Å². The molecule has 0 saturated heterocycles. The Morgan fingerprint density at radius 1 is 1.30 bits per heavy atom. The Bertz CT molecular complexity index is 107. The van der Waals surface area contributed by atoms with Crippen LogP contribution in [0.25, 0.3) is 16.0 Å². The molecule has 0 aromatic heterocycles. The molecule has 0 bridgehead atoms. The molecule has 0 aromatic carbocycles. The van der Waals surface area contributed by atoms with Gasteiger partial charge >= 0.3 is 29.6 Å². The summed E-state index contributed by atoms with van der Waals surface area (Å²) in [5.41, 5.74) is 13.5. The van der Waals surface area contributed by atoms with Crippen LogP contribution in [0.4, 0.5) is 0 Å². The van der Waals surface area contributed by atoms with Gasteiger partial charge in [-0.25, -0.2) is 0 Å². The smallest absolute Gasteiger partial charge is 0.373 e. The summed E-state index contributed by atoms with van der Waals surface area (Å²) < 4.78 is 10.3. The van der Waals surface area contributed by atoms with E-state index in [-0.39, 0.29) is 29.6 Å². The fourth-order valence-corrected chi connectivity index (χ4v) is 0.612. The van der Waals surface area contributed by atoms with Crippen molar-refractivity contribution in [2.24, 2.45) is 0 Å². The molecule has 0 rings (SSSR count). The molecule has 0 heterocycles. The number of nitrogens with zero attached hydrogens (tertiary/aromatic N) is 3. The molecular weight excluding hydrogens is 161 g/mol. The fraction of sp³-hybridized carbons (Fsp3) is 1.00. The van der Waals surface area contributed by atoms with Gasteiger partial charge in [-0.15, -0.1) is 0 Å². The second-order valence-corrected chi connectivity index (χ2v) is 3.14. The molecule has 0 radical (unpaired) electrons. The van der Waals surface area contributed by atoms with Gasteiger partial charge in [0.05, 0.1) is 0 Å². The maximum atomic E-state index is 10.3. The summed E-state index contributed by atoms with van der Waals surface area (Å²) in [6, 6.07) is 0. The van der Waals surface area contributed by atoms with Crippen LogP contribution in [-0.4, -0.2) is 15.7 Å². The molecule has 0 amide bonds. The van der Waals surface area contributed by atoms with Crippen molar-refractivity contribution in [3.05, 3.63) is 16.0 Å². The molecule has 0 saturated carbocycles. The van der Waals surface area contributed by atoms with Gasteiger partial charge in [0.15, 0.2) is 0 Å². The molecule has 0 aliphatic rings. The zero-order valence-electron chi connectivity index (χ0n) is 6.57. The summed E-state index contributed by atoms with van der Waals surface area (Å²) in [6.45, 7) is 3.86. The van der Waals surface area contributed by atoms with E-state index in [9.17, 15) is 4.21 Å². The topological polar surface area (TPSA) is 75.8 Å². The SMILES string of the molecule is CCS(=O)CC.[N-]=[N+]=[N-].[Na+]. The average molecular weight is 171 g/mol. The zero-order valence-corrected chi connectivity index (χ0v) is 9.39. The minimum Gasteiger partial charge on any atom is -0.373 e. The third-order valence-electron chi connectivity index (χ3n) is 0.644. The summed E-state index contributed by atoms with van der Waals surface area (Å²) in [7, 11) is -0.534. The summed E-state index contributed by atoms with van der Waals surface area (Å²) in [5.74, 6) is 1.60. The van der Waals surface area contributed by atoms with E-state index in [1.807, 2.05) is 13.8 Å². The van der Waals surface area contributed by atoms with Gasteiger partial charge in [0.2, 0.25) is 0 Å². The Balaban J connectivity index is -0.000000107. The van der Waals surface area contributed by atoms with Gasteiger partial charge in [-0.1, -0.05) is 13.8 Å². The molecule has 0 aromatic rings. The van der Waals surface area contributed by atoms with Gasteiger partial charge in [0, 0.05) is 22.3 Å². The first-order valence-electron chi connectivity index (χ1n) is 2.56. The van der Waals surface area contributed by atoms with E-state index >= 15 is 0 Å². The van der Waals surface area contributed by atoms with E-state index in [0.29, 0.717) is 0 Å². The quantitative estimate of drug-likeness (QED) is 0.219. The van der Waals surface area contributed by atoms with Gasteiger partial charge in [-0.3, -0.25) is 9.12 Å². The van der Waals surface area contributed by atoms with Crippen molar-refractivity contribution in [1.29, 1.82) is 0 Å². The Hall–Kier alpha value is 0.460. The molecule has 0 aliphatic carbocycles. The fourth-order valence-electron chi connectivity index (χ4n) is 0.204. The van der Waals surface area contributed by atoms with Crippen LogP contribution in [0.3, 0.4) is 0 Å². The van der Waals surface area contributed by atoms with E-state index in [4.69, 9.17) is 11.1 Å². The normalized spacial score (nSPS) is 6.70. The first-order valence-corrected chi connectivity index (χ1v) is 4.05. The largest absolute Gasteiger partial charge is 1.00 e. The van der Waals surface area contributed by atoms with Crippen molar-refractivity contribution in [2.75, 3.05) is 11.5 Å². The molecular formula is C4H10N3NaOS. The van der Waals surface area contributed by atoms with Crippen LogP contribution < -0.4 is 29.6 Å². The molecule has 0 atom stereocenters. The monoisotopic (exact) mass is 171 g/mol. The second kappa shape index (κ2) is 16.2. The van der Waals surface area contributed by atoms with E-state index in [1.54, 1.807) is 0 Å². The van der Waals surface area contributed by atoms with E-state index in [1.165, 1.54) is 4.91 Å². The van der Waals surface area contributed by atoms with Crippen LogP contribution in [0.15, 0.2) is 0 Å². The molecule has 10 heavy (non-hydrogen) atoms. The van der Waals surface area contributed by atoms with Crippen molar-refractivity contribution in [3.63, 3.8) is 0 Å². The zero-order chi connectivity index (χ0) is 7.70. The van der Waals surface area contributed by atoms with Gasteiger partial charge < -0.3 is 11.1 Å². The van der Waals surface area contributed by atoms with E-state index in [2.05, 4.69) is 0 Å². The summed E-state index contributed by atoms with van der Waals surface area (Å²) in [6.07, 6.45) is 0. The van der Waals surface area contributed by atoms with Crippen LogP contribution in [0, 0.1) is 0 Å². The third-order valence-corrected chi connectivity index (χ3v) is 1.93. The first-order chi connectivity index (χ1) is 4.22. The van der Waals surface area contributed by atoms with Gasteiger partial charge in [0.25, 0.3) is 0 Å². The maximum Gasteiger partial charge on any atom is 1.00 e. The predicted octanol–water partition coefficient (Wildman–Crippen LogP) is -1.35. The van der Waals surface area contributed by atoms with Crippen molar-refractivity contribution < 1.29 is 33.8 Å². The van der Waals surface area contributed by atoms with Gasteiger partial charge in [0.1, 0.15) is 0 Å². The molecule has 6 heteroatoms. The van der Waals surface area contributed by atoms with Crippen LogP contribution >= 0.6 is 0 Å². The Kier molecular flexibility index (Phi) is 27.3. The first kappa shape index (κ1) is 16.8. The van der Waals surface area contributed by atoms with Crippen molar-refractivity contribution in [3.8, 4) is 0 Å². The van der Waals surface area contributed by atoms with Crippen molar-refractivity contribution in [1.82, 2.24) is 0 Å². The summed E-state index contributed by atoms with van der Waals surface area (Å²) in [5, 5.41) is 0. The molecule has 54 valence electrons. The average Bonchev–Trinajstić information content (AvgIpc) is 1.88. The van der Waals surface area contributed by atoms with Crippen molar-refractivity contribution >= 4 is 10.8 Å². The standard InChI is InChI=1S/C4H10OS.N3.Na/c1-3-6(5)4-2;1-3-2;/h3-4H2,1-2H3;;/q;-1;+1. The van der Waals surface area contributed by atoms with E-state index < -0.39 is 10.8 Å². The minimum atomic E-state index is -0.534. The molecule has 4 nitrogen and oxygen atoms in total. The van der Waals surface area contributed by atoms with E-state index in [0.717, 1.165) is 11.5 Å². The third kappa shape index (κ3) is 23.7. The summed E-state index contributed by atoms with van der Waals surface area (Å²) in [4.78, 5) is 1.50. The van der Waals surface area contributed by atoms with Crippen LogP contribution in [0.5, 0.6) is 0 Å². The molecule has 0 fully saturated rings. The second-order valence-electron chi connectivity index (χ2n) is 1.11. The Morgan fingerprint density at radius 3 is 1.50 bits per heavy atom. The molecule has 0 spiro atoms. The minimum absolute atomic E-state index is 0. The van der Waals surface area contributed by atoms with Crippen LogP contribution in [0.1, 0.15) is 13.8 Å². The maximum absolute atomic E-state index is 10.3.